The van der Waals surface area contributed by atoms with Crippen molar-refractivity contribution in [2.75, 3.05) is 13.1 Å². The number of rotatable bonds is 6. The molecule has 1 aliphatic heterocycles. The molecule has 33 heavy (non-hydrogen) atoms. The van der Waals surface area contributed by atoms with Crippen LogP contribution in [-0.4, -0.2) is 29.1 Å². The lowest BCUT2D eigenvalue weighted by atomic mass is 9.93. The minimum absolute atomic E-state index is 0.119. The molecule has 1 saturated carbocycles. The molecular formula is C27H24FNO3S. The molecule has 2 aromatic heterocycles. The highest BCUT2D eigenvalue weighted by atomic mass is 32.1. The van der Waals surface area contributed by atoms with Crippen molar-refractivity contribution in [3.05, 3.63) is 81.3 Å². The van der Waals surface area contributed by atoms with Crippen LogP contribution in [0.1, 0.15) is 33.7 Å². The standard InChI is InChI=1S/C27H24FNO3S/c1-16-2-7-25(33-16)27(8-9-27)20-4-6-23-18(11-20)12-24(32-23)21-5-3-17(10-22(21)28)13-29-14-19(15-29)26(30)31/h2-7,10-12,19H,8-9,13-15H2,1H3,(H,30,31). The van der Waals surface area contributed by atoms with Gasteiger partial charge >= 0.3 is 5.97 Å². The Labute approximate surface area is 195 Å². The van der Waals surface area contributed by atoms with Gasteiger partial charge in [-0.1, -0.05) is 12.1 Å². The van der Waals surface area contributed by atoms with Crippen LogP contribution in [0.5, 0.6) is 0 Å². The van der Waals surface area contributed by atoms with Crippen LogP contribution in [-0.2, 0) is 16.8 Å². The van der Waals surface area contributed by atoms with Gasteiger partial charge in [0.05, 0.1) is 11.5 Å². The summed E-state index contributed by atoms with van der Waals surface area (Å²) in [5.41, 5.74) is 3.46. The van der Waals surface area contributed by atoms with E-state index in [0.29, 0.717) is 31.0 Å². The maximum absolute atomic E-state index is 15.0. The van der Waals surface area contributed by atoms with Crippen molar-refractivity contribution in [3.8, 4) is 11.3 Å². The lowest BCUT2D eigenvalue weighted by Gasteiger charge is -2.36. The number of benzene rings is 2. The van der Waals surface area contributed by atoms with Crippen LogP contribution in [0.3, 0.4) is 0 Å². The number of aliphatic carboxylic acids is 1. The van der Waals surface area contributed by atoms with Crippen molar-refractivity contribution in [2.45, 2.75) is 31.7 Å². The Morgan fingerprint density at radius 2 is 1.97 bits per heavy atom. The van der Waals surface area contributed by atoms with E-state index in [1.54, 1.807) is 6.07 Å². The Morgan fingerprint density at radius 3 is 2.64 bits per heavy atom. The quantitative estimate of drug-likeness (QED) is 0.371. The fourth-order valence-corrected chi connectivity index (χ4v) is 6.07. The highest BCUT2D eigenvalue weighted by molar-refractivity contribution is 7.12. The highest BCUT2D eigenvalue weighted by Crippen LogP contribution is 2.55. The zero-order valence-electron chi connectivity index (χ0n) is 18.3. The molecule has 4 aromatic rings. The van der Waals surface area contributed by atoms with Crippen LogP contribution in [0.25, 0.3) is 22.3 Å². The van der Waals surface area contributed by atoms with Gasteiger partial charge in [0, 0.05) is 40.2 Å². The van der Waals surface area contributed by atoms with Crippen molar-refractivity contribution in [1.29, 1.82) is 0 Å². The van der Waals surface area contributed by atoms with E-state index >= 15 is 0 Å². The number of halogens is 1. The molecule has 6 rings (SSSR count). The zero-order chi connectivity index (χ0) is 22.7. The number of aryl methyl sites for hydroxylation is 1. The summed E-state index contributed by atoms with van der Waals surface area (Å²) in [5, 5.41) is 10.0. The molecule has 0 atom stereocenters. The average Bonchev–Trinajstić information content (AvgIpc) is 3.26. The summed E-state index contributed by atoms with van der Waals surface area (Å²) in [6, 6.07) is 17.9. The third-order valence-electron chi connectivity index (χ3n) is 7.04. The summed E-state index contributed by atoms with van der Waals surface area (Å²) in [4.78, 5) is 15.7. The van der Waals surface area contributed by atoms with E-state index in [1.807, 2.05) is 34.4 Å². The molecule has 0 radical (unpaired) electrons. The predicted octanol–water partition coefficient (Wildman–Crippen LogP) is 6.21. The van der Waals surface area contributed by atoms with Gasteiger partial charge in [-0.15, -0.1) is 11.3 Å². The number of furan rings is 1. The SMILES string of the molecule is Cc1ccc(C2(c3ccc4oc(-c5ccc(CN6CC(C(=O)O)C6)cc5F)cc4c3)CC2)s1. The second-order valence-corrected chi connectivity index (χ2v) is 10.7. The van der Waals surface area contributed by atoms with Gasteiger partial charge in [-0.3, -0.25) is 9.69 Å². The van der Waals surface area contributed by atoms with E-state index in [2.05, 4.69) is 31.2 Å². The second-order valence-electron chi connectivity index (χ2n) is 9.40. The lowest BCUT2D eigenvalue weighted by molar-refractivity contribution is -0.147. The molecule has 0 unspecified atom stereocenters. The summed E-state index contributed by atoms with van der Waals surface area (Å²) in [5.74, 6) is -0.875. The number of hydrogen-bond acceptors (Lipinski definition) is 4. The van der Waals surface area contributed by atoms with Crippen LogP contribution in [0.2, 0.25) is 0 Å². The van der Waals surface area contributed by atoms with E-state index in [-0.39, 0.29) is 17.2 Å². The van der Waals surface area contributed by atoms with Crippen LogP contribution in [0, 0.1) is 18.7 Å². The van der Waals surface area contributed by atoms with Crippen LogP contribution in [0.15, 0.2) is 59.0 Å². The minimum atomic E-state index is -0.765. The van der Waals surface area contributed by atoms with Crippen molar-refractivity contribution in [2.24, 2.45) is 5.92 Å². The summed E-state index contributed by atoms with van der Waals surface area (Å²) in [7, 11) is 0. The van der Waals surface area contributed by atoms with E-state index in [9.17, 15) is 9.18 Å². The number of fused-ring (bicyclic) bond motifs is 1. The molecular weight excluding hydrogens is 437 g/mol. The van der Waals surface area contributed by atoms with E-state index in [4.69, 9.17) is 9.52 Å². The number of carboxylic acids is 1. The molecule has 168 valence electrons. The minimum Gasteiger partial charge on any atom is -0.481 e. The first-order valence-electron chi connectivity index (χ1n) is 11.3. The average molecular weight is 462 g/mol. The van der Waals surface area contributed by atoms with Crippen LogP contribution >= 0.6 is 11.3 Å². The summed E-state index contributed by atoms with van der Waals surface area (Å²) in [6.45, 7) is 3.72. The summed E-state index contributed by atoms with van der Waals surface area (Å²) >= 11 is 1.87. The predicted molar refractivity (Wildman–Crippen MR) is 127 cm³/mol. The molecule has 2 aromatic carbocycles. The van der Waals surface area contributed by atoms with Gasteiger partial charge in [0.2, 0.25) is 0 Å². The third-order valence-corrected chi connectivity index (χ3v) is 8.25. The monoisotopic (exact) mass is 461 g/mol. The first kappa shape index (κ1) is 20.6. The molecule has 0 bridgehead atoms. The fraction of sp³-hybridized carbons (Fsp3) is 0.296. The molecule has 1 N–H and O–H groups in total. The smallest absolute Gasteiger partial charge is 0.309 e. The van der Waals surface area contributed by atoms with Gasteiger partial charge in [-0.25, -0.2) is 4.39 Å². The normalized spacial score (nSPS) is 17.9. The van der Waals surface area contributed by atoms with E-state index < -0.39 is 5.97 Å². The molecule has 1 aliphatic carbocycles. The largest absolute Gasteiger partial charge is 0.481 e. The molecule has 6 heteroatoms. The van der Waals surface area contributed by atoms with Crippen molar-refractivity contribution >= 4 is 28.3 Å². The molecule has 3 heterocycles. The fourth-order valence-electron chi connectivity index (χ4n) is 4.94. The number of likely N-dealkylation sites (tertiary alicyclic amines) is 1. The summed E-state index contributed by atoms with van der Waals surface area (Å²) in [6.07, 6.45) is 2.31. The number of carbonyl (C=O) groups is 1. The van der Waals surface area contributed by atoms with Gasteiger partial charge in [0.1, 0.15) is 17.2 Å². The van der Waals surface area contributed by atoms with E-state index in [1.165, 1.54) is 21.4 Å². The summed E-state index contributed by atoms with van der Waals surface area (Å²) < 4.78 is 21.0. The van der Waals surface area contributed by atoms with Crippen molar-refractivity contribution in [1.82, 2.24) is 4.90 Å². The van der Waals surface area contributed by atoms with E-state index in [0.717, 1.165) is 29.4 Å². The topological polar surface area (TPSA) is 53.7 Å². The maximum atomic E-state index is 15.0. The molecule has 1 saturated heterocycles. The lowest BCUT2D eigenvalue weighted by Crippen LogP contribution is -2.49. The van der Waals surface area contributed by atoms with Gasteiger partial charge < -0.3 is 9.52 Å². The Morgan fingerprint density at radius 1 is 1.15 bits per heavy atom. The Bertz CT molecular complexity index is 1380. The van der Waals surface area contributed by atoms with Gasteiger partial charge in [-0.2, -0.15) is 0 Å². The third kappa shape index (κ3) is 3.58. The molecule has 0 amide bonds. The number of hydrogen-bond donors (Lipinski definition) is 1. The van der Waals surface area contributed by atoms with Crippen LogP contribution in [0.4, 0.5) is 4.39 Å². The maximum Gasteiger partial charge on any atom is 0.309 e. The first-order valence-corrected chi connectivity index (χ1v) is 12.1. The number of nitrogens with zero attached hydrogens (tertiary/aromatic N) is 1. The highest BCUT2D eigenvalue weighted by Gasteiger charge is 2.47. The van der Waals surface area contributed by atoms with Gasteiger partial charge in [0.25, 0.3) is 0 Å². The Hall–Kier alpha value is -2.96. The first-order chi connectivity index (χ1) is 15.9. The van der Waals surface area contributed by atoms with Crippen molar-refractivity contribution in [3.63, 3.8) is 0 Å². The molecule has 0 spiro atoms. The van der Waals surface area contributed by atoms with Gasteiger partial charge in [-0.05, 0) is 73.4 Å². The molecule has 2 fully saturated rings. The molecule has 2 aliphatic rings. The molecule has 4 nitrogen and oxygen atoms in total. The van der Waals surface area contributed by atoms with Crippen LogP contribution < -0.4 is 0 Å². The second kappa shape index (κ2) is 7.54. The number of thiophene rings is 1. The number of carboxylic acid groups (broad SMARTS) is 1. The van der Waals surface area contributed by atoms with Crippen molar-refractivity contribution < 1.29 is 18.7 Å². The Balaban J connectivity index is 1.25. The Kier molecular flexibility index (Phi) is 4.71. The zero-order valence-corrected chi connectivity index (χ0v) is 19.1. The van der Waals surface area contributed by atoms with Gasteiger partial charge in [0.15, 0.2) is 0 Å².